The number of hydrogen-bond acceptors (Lipinski definition) is 5. The number of aromatic nitrogens is 1. The predicted molar refractivity (Wildman–Crippen MR) is 91.2 cm³/mol. The van der Waals surface area contributed by atoms with Gasteiger partial charge < -0.3 is 15.4 Å². The third-order valence-corrected chi connectivity index (χ3v) is 3.61. The maximum absolute atomic E-state index is 12.2. The Hall–Kier alpha value is -2.89. The Morgan fingerprint density at radius 2 is 1.83 bits per heavy atom. The van der Waals surface area contributed by atoms with Crippen molar-refractivity contribution in [2.75, 3.05) is 17.2 Å². The lowest BCUT2D eigenvalue weighted by Gasteiger charge is -2.07. The highest BCUT2D eigenvalue weighted by atomic mass is 16.5. The highest BCUT2D eigenvalue weighted by molar-refractivity contribution is 6.04. The quantitative estimate of drug-likeness (QED) is 0.798. The van der Waals surface area contributed by atoms with Gasteiger partial charge in [0.1, 0.15) is 5.82 Å². The molecular weight excluding hydrogens is 306 g/mol. The minimum Gasteiger partial charge on any atom is -0.462 e. The molecule has 1 amide bonds. The standard InChI is InChI=1S/C18H19N3O3/c1-2-24-18(23)12-3-6-15(7-4-12)21-17(22)13-5-10-16(19-11-13)20-14-8-9-14/h3-7,10-11,14H,2,8-9H2,1H3,(H,19,20)(H,21,22). The molecule has 0 spiro atoms. The number of pyridine rings is 1. The number of nitrogens with one attached hydrogen (secondary N) is 2. The Kier molecular flexibility index (Phi) is 4.74. The Morgan fingerprint density at radius 3 is 2.42 bits per heavy atom. The van der Waals surface area contributed by atoms with Crippen LogP contribution in [0.15, 0.2) is 42.6 Å². The molecule has 1 aromatic carbocycles. The number of rotatable bonds is 6. The predicted octanol–water partition coefficient (Wildman–Crippen LogP) is 3.08. The molecule has 124 valence electrons. The van der Waals surface area contributed by atoms with E-state index in [-0.39, 0.29) is 11.9 Å². The normalized spacial score (nSPS) is 13.2. The number of carbonyl (C=O) groups is 2. The molecule has 0 bridgehead atoms. The second-order valence-corrected chi connectivity index (χ2v) is 5.60. The third kappa shape index (κ3) is 4.10. The van der Waals surface area contributed by atoms with Crippen LogP contribution in [-0.2, 0) is 4.74 Å². The van der Waals surface area contributed by atoms with E-state index in [0.29, 0.717) is 29.5 Å². The van der Waals surface area contributed by atoms with Gasteiger partial charge in [0, 0.05) is 17.9 Å². The molecule has 3 rings (SSSR count). The van der Waals surface area contributed by atoms with Gasteiger partial charge in [0.2, 0.25) is 0 Å². The zero-order valence-electron chi connectivity index (χ0n) is 13.4. The van der Waals surface area contributed by atoms with Crippen LogP contribution in [0.4, 0.5) is 11.5 Å². The summed E-state index contributed by atoms with van der Waals surface area (Å²) in [4.78, 5) is 28.1. The van der Waals surface area contributed by atoms with E-state index in [2.05, 4.69) is 15.6 Å². The number of amides is 1. The van der Waals surface area contributed by atoms with Crippen molar-refractivity contribution < 1.29 is 14.3 Å². The van der Waals surface area contributed by atoms with Gasteiger partial charge in [-0.25, -0.2) is 9.78 Å². The van der Waals surface area contributed by atoms with E-state index in [0.717, 1.165) is 5.82 Å². The van der Waals surface area contributed by atoms with Gasteiger partial charge in [0.05, 0.1) is 17.7 Å². The largest absolute Gasteiger partial charge is 0.462 e. The van der Waals surface area contributed by atoms with Gasteiger partial charge >= 0.3 is 5.97 Å². The van der Waals surface area contributed by atoms with Crippen molar-refractivity contribution in [2.45, 2.75) is 25.8 Å². The summed E-state index contributed by atoms with van der Waals surface area (Å²) in [6.07, 6.45) is 3.89. The lowest BCUT2D eigenvalue weighted by molar-refractivity contribution is 0.0526. The Bertz CT molecular complexity index is 722. The summed E-state index contributed by atoms with van der Waals surface area (Å²) < 4.78 is 4.92. The number of nitrogens with zero attached hydrogens (tertiary/aromatic N) is 1. The Balaban J connectivity index is 1.60. The van der Waals surface area contributed by atoms with Gasteiger partial charge in [-0.1, -0.05) is 0 Å². The molecular formula is C18H19N3O3. The van der Waals surface area contributed by atoms with E-state index in [4.69, 9.17) is 4.74 Å². The molecule has 0 aliphatic heterocycles. The van der Waals surface area contributed by atoms with Crippen LogP contribution in [0, 0.1) is 0 Å². The van der Waals surface area contributed by atoms with E-state index in [1.54, 1.807) is 49.5 Å². The molecule has 24 heavy (non-hydrogen) atoms. The molecule has 1 saturated carbocycles. The molecule has 1 aliphatic carbocycles. The van der Waals surface area contributed by atoms with Crippen LogP contribution in [0.3, 0.4) is 0 Å². The average Bonchev–Trinajstić information content (AvgIpc) is 3.40. The minimum absolute atomic E-state index is 0.246. The van der Waals surface area contributed by atoms with Crippen LogP contribution in [0.5, 0.6) is 0 Å². The summed E-state index contributed by atoms with van der Waals surface area (Å²) in [6, 6.07) is 10.6. The summed E-state index contributed by atoms with van der Waals surface area (Å²) in [7, 11) is 0. The van der Waals surface area contributed by atoms with Crippen molar-refractivity contribution in [3.63, 3.8) is 0 Å². The molecule has 0 atom stereocenters. The Labute approximate surface area is 140 Å². The van der Waals surface area contributed by atoms with Crippen LogP contribution in [0.2, 0.25) is 0 Å². The summed E-state index contributed by atoms with van der Waals surface area (Å²) in [5, 5.41) is 6.05. The summed E-state index contributed by atoms with van der Waals surface area (Å²) >= 11 is 0. The summed E-state index contributed by atoms with van der Waals surface area (Å²) in [5.41, 5.74) is 1.53. The second kappa shape index (κ2) is 7.12. The highest BCUT2D eigenvalue weighted by Crippen LogP contribution is 2.23. The molecule has 1 heterocycles. The van der Waals surface area contributed by atoms with E-state index in [1.807, 2.05) is 0 Å². The van der Waals surface area contributed by atoms with Crippen molar-refractivity contribution in [3.05, 3.63) is 53.7 Å². The zero-order chi connectivity index (χ0) is 16.9. The van der Waals surface area contributed by atoms with Crippen LogP contribution < -0.4 is 10.6 Å². The van der Waals surface area contributed by atoms with Crippen molar-refractivity contribution in [1.82, 2.24) is 4.98 Å². The van der Waals surface area contributed by atoms with E-state index in [9.17, 15) is 9.59 Å². The molecule has 0 radical (unpaired) electrons. The number of ether oxygens (including phenoxy) is 1. The fourth-order valence-electron chi connectivity index (χ4n) is 2.16. The van der Waals surface area contributed by atoms with Gasteiger partial charge in [0.15, 0.2) is 0 Å². The fraction of sp³-hybridized carbons (Fsp3) is 0.278. The lowest BCUT2D eigenvalue weighted by atomic mass is 10.2. The number of benzene rings is 1. The molecule has 6 nitrogen and oxygen atoms in total. The molecule has 1 fully saturated rings. The van der Waals surface area contributed by atoms with E-state index >= 15 is 0 Å². The molecule has 2 N–H and O–H groups in total. The van der Waals surface area contributed by atoms with Crippen molar-refractivity contribution in [3.8, 4) is 0 Å². The molecule has 6 heteroatoms. The van der Waals surface area contributed by atoms with Gasteiger partial charge in [-0.15, -0.1) is 0 Å². The lowest BCUT2D eigenvalue weighted by Crippen LogP contribution is -2.13. The molecule has 2 aromatic rings. The smallest absolute Gasteiger partial charge is 0.338 e. The van der Waals surface area contributed by atoms with Crippen molar-refractivity contribution >= 4 is 23.4 Å². The highest BCUT2D eigenvalue weighted by Gasteiger charge is 2.21. The molecule has 1 aliphatic rings. The maximum Gasteiger partial charge on any atom is 0.338 e. The van der Waals surface area contributed by atoms with E-state index < -0.39 is 0 Å². The first-order valence-corrected chi connectivity index (χ1v) is 7.97. The van der Waals surface area contributed by atoms with Gasteiger partial charge in [-0.3, -0.25) is 4.79 Å². The summed E-state index contributed by atoms with van der Waals surface area (Å²) in [6.45, 7) is 2.09. The van der Waals surface area contributed by atoms with Crippen molar-refractivity contribution in [2.24, 2.45) is 0 Å². The Morgan fingerprint density at radius 1 is 1.12 bits per heavy atom. The topological polar surface area (TPSA) is 80.3 Å². The average molecular weight is 325 g/mol. The number of hydrogen-bond donors (Lipinski definition) is 2. The second-order valence-electron chi connectivity index (χ2n) is 5.60. The third-order valence-electron chi connectivity index (χ3n) is 3.61. The van der Waals surface area contributed by atoms with Crippen LogP contribution in [0.1, 0.15) is 40.5 Å². The first kappa shape index (κ1) is 16.0. The molecule has 0 unspecified atom stereocenters. The number of esters is 1. The molecule has 0 saturated heterocycles. The zero-order valence-corrected chi connectivity index (χ0v) is 13.4. The molecule has 1 aromatic heterocycles. The number of anilines is 2. The first-order valence-electron chi connectivity index (χ1n) is 7.97. The van der Waals surface area contributed by atoms with Crippen LogP contribution in [-0.4, -0.2) is 29.5 Å². The van der Waals surface area contributed by atoms with Gasteiger partial charge in [0.25, 0.3) is 5.91 Å². The minimum atomic E-state index is -0.377. The first-order chi connectivity index (χ1) is 11.7. The van der Waals surface area contributed by atoms with Gasteiger partial charge in [-0.05, 0) is 56.2 Å². The fourth-order valence-corrected chi connectivity index (χ4v) is 2.16. The van der Waals surface area contributed by atoms with Crippen LogP contribution in [0.25, 0.3) is 0 Å². The SMILES string of the molecule is CCOC(=O)c1ccc(NC(=O)c2ccc(NC3CC3)nc2)cc1. The van der Waals surface area contributed by atoms with Crippen LogP contribution >= 0.6 is 0 Å². The van der Waals surface area contributed by atoms with Crippen molar-refractivity contribution in [1.29, 1.82) is 0 Å². The number of carbonyl (C=O) groups excluding carboxylic acids is 2. The van der Waals surface area contributed by atoms with E-state index in [1.165, 1.54) is 12.8 Å². The monoisotopic (exact) mass is 325 g/mol. The maximum atomic E-state index is 12.2. The summed E-state index contributed by atoms with van der Waals surface area (Å²) in [5.74, 6) is 0.163. The van der Waals surface area contributed by atoms with Gasteiger partial charge in [-0.2, -0.15) is 0 Å².